The quantitative estimate of drug-likeness (QED) is 0.415. The van der Waals surface area contributed by atoms with Crippen LogP contribution in [0.3, 0.4) is 0 Å². The molecule has 0 aromatic carbocycles. The van der Waals surface area contributed by atoms with Crippen LogP contribution in [0, 0.1) is 0 Å². The van der Waals surface area contributed by atoms with Crippen LogP contribution in [-0.2, 0) is 14.3 Å². The number of hydrogen-bond donors (Lipinski definition) is 1. The molecule has 35 heavy (non-hydrogen) atoms. The standard InChI is InChI=1S/C24H18Br2N2O7/c1-31-24(30)20-19(15-5-7-18(26)34-15)14-11-28(23(29)16-3-2-8-32-16)10-12(21(14)35-22(20)27)9-13-4-6-17(25)33-13/h2-9,19H,10-11,27H2,1H3/b12-9+. The van der Waals surface area contributed by atoms with Gasteiger partial charge in [-0.05, 0) is 74.3 Å². The normalized spacial score (nSPS) is 19.1. The molecule has 1 amide bonds. The molecule has 2 aliphatic rings. The van der Waals surface area contributed by atoms with Crippen molar-refractivity contribution in [3.63, 3.8) is 0 Å². The minimum atomic E-state index is -0.753. The van der Waals surface area contributed by atoms with Gasteiger partial charge in [-0.15, -0.1) is 0 Å². The molecule has 1 atom stereocenters. The first kappa shape index (κ1) is 23.3. The van der Waals surface area contributed by atoms with E-state index < -0.39 is 11.9 Å². The van der Waals surface area contributed by atoms with E-state index in [-0.39, 0.29) is 36.2 Å². The summed E-state index contributed by atoms with van der Waals surface area (Å²) in [5, 5.41) is 0. The Morgan fingerprint density at radius 3 is 2.51 bits per heavy atom. The van der Waals surface area contributed by atoms with Crippen molar-refractivity contribution >= 4 is 49.8 Å². The first-order valence-electron chi connectivity index (χ1n) is 10.4. The first-order chi connectivity index (χ1) is 16.9. The Morgan fingerprint density at radius 2 is 1.89 bits per heavy atom. The van der Waals surface area contributed by atoms with Crippen LogP contribution in [-0.4, -0.2) is 37.0 Å². The summed E-state index contributed by atoms with van der Waals surface area (Å²) < 4.78 is 28.8. The molecule has 3 aromatic heterocycles. The predicted molar refractivity (Wildman–Crippen MR) is 129 cm³/mol. The molecule has 0 saturated carbocycles. The highest BCUT2D eigenvalue weighted by atomic mass is 79.9. The van der Waals surface area contributed by atoms with Crippen LogP contribution in [0.2, 0.25) is 0 Å². The van der Waals surface area contributed by atoms with Gasteiger partial charge in [0.05, 0.1) is 25.8 Å². The molecule has 9 nitrogen and oxygen atoms in total. The molecule has 5 rings (SSSR count). The molecule has 0 radical (unpaired) electrons. The van der Waals surface area contributed by atoms with Gasteiger partial charge in [0.1, 0.15) is 22.9 Å². The summed E-state index contributed by atoms with van der Waals surface area (Å²) in [4.78, 5) is 27.6. The molecular weight excluding hydrogens is 588 g/mol. The number of carbonyl (C=O) groups excluding carboxylic acids is 2. The number of hydrogen-bond acceptors (Lipinski definition) is 8. The second kappa shape index (κ2) is 9.31. The van der Waals surface area contributed by atoms with Gasteiger partial charge in [-0.1, -0.05) is 0 Å². The number of amides is 1. The number of nitrogens with two attached hydrogens (primary N) is 1. The average Bonchev–Trinajstić information content (AvgIpc) is 3.60. The van der Waals surface area contributed by atoms with Gasteiger partial charge < -0.3 is 33.4 Å². The average molecular weight is 606 g/mol. The number of esters is 1. The van der Waals surface area contributed by atoms with Crippen LogP contribution < -0.4 is 5.73 Å². The van der Waals surface area contributed by atoms with Crippen molar-refractivity contribution in [1.82, 2.24) is 4.90 Å². The number of ether oxygens (including phenoxy) is 2. The number of carbonyl (C=O) groups is 2. The van der Waals surface area contributed by atoms with E-state index >= 15 is 0 Å². The Labute approximate surface area is 216 Å². The topological polar surface area (TPSA) is 121 Å². The van der Waals surface area contributed by atoms with Gasteiger partial charge in [0.15, 0.2) is 15.1 Å². The SMILES string of the molecule is COC(=O)C1=C(N)OC2=C(CN(C(=O)c3ccco3)C/C2=C\c2ccc(Br)o2)C1c1ccc(Br)o1. The maximum Gasteiger partial charge on any atom is 0.340 e. The lowest BCUT2D eigenvalue weighted by molar-refractivity contribution is -0.136. The Bertz CT molecular complexity index is 1390. The molecule has 11 heteroatoms. The zero-order chi connectivity index (χ0) is 24.7. The molecule has 180 valence electrons. The van der Waals surface area contributed by atoms with Gasteiger partial charge >= 0.3 is 5.97 Å². The summed E-state index contributed by atoms with van der Waals surface area (Å²) in [5.41, 5.74) is 7.55. The molecule has 3 aromatic rings. The third kappa shape index (κ3) is 4.37. The molecule has 5 heterocycles. The number of nitrogens with zero attached hydrogens (tertiary/aromatic N) is 1. The van der Waals surface area contributed by atoms with Gasteiger partial charge in [-0.3, -0.25) is 4.79 Å². The summed E-state index contributed by atoms with van der Waals surface area (Å²) in [6.45, 7) is 0.316. The van der Waals surface area contributed by atoms with Gasteiger partial charge in [0.2, 0.25) is 5.88 Å². The maximum absolute atomic E-state index is 13.3. The van der Waals surface area contributed by atoms with Gasteiger partial charge in [0, 0.05) is 17.7 Å². The molecule has 0 fully saturated rings. The minimum Gasteiger partial charge on any atom is -0.465 e. The zero-order valence-electron chi connectivity index (χ0n) is 18.2. The molecular formula is C24H18Br2N2O7. The van der Waals surface area contributed by atoms with Crippen molar-refractivity contribution in [2.75, 3.05) is 20.2 Å². The molecule has 2 aliphatic heterocycles. The summed E-state index contributed by atoms with van der Waals surface area (Å²) >= 11 is 6.61. The van der Waals surface area contributed by atoms with Crippen molar-refractivity contribution in [3.05, 3.63) is 97.6 Å². The van der Waals surface area contributed by atoms with E-state index in [9.17, 15) is 9.59 Å². The van der Waals surface area contributed by atoms with Crippen molar-refractivity contribution in [2.45, 2.75) is 5.92 Å². The third-order valence-corrected chi connectivity index (χ3v) is 6.49. The first-order valence-corrected chi connectivity index (χ1v) is 12.0. The van der Waals surface area contributed by atoms with Crippen molar-refractivity contribution in [3.8, 4) is 0 Å². The Kier molecular flexibility index (Phi) is 6.20. The van der Waals surface area contributed by atoms with Gasteiger partial charge in [-0.25, -0.2) is 4.79 Å². The second-order valence-corrected chi connectivity index (χ2v) is 9.31. The fraction of sp³-hybridized carbons (Fsp3) is 0.167. The zero-order valence-corrected chi connectivity index (χ0v) is 21.4. The lowest BCUT2D eigenvalue weighted by Crippen LogP contribution is -2.42. The number of halogens is 2. The summed E-state index contributed by atoms with van der Waals surface area (Å²) in [5.74, 6) is -0.259. The molecule has 0 bridgehead atoms. The summed E-state index contributed by atoms with van der Waals surface area (Å²) in [6, 6.07) is 10.2. The number of methoxy groups -OCH3 is 1. The Balaban J connectivity index is 1.67. The summed E-state index contributed by atoms with van der Waals surface area (Å²) in [7, 11) is 1.26. The second-order valence-electron chi connectivity index (χ2n) is 7.75. The Morgan fingerprint density at radius 1 is 1.11 bits per heavy atom. The monoisotopic (exact) mass is 604 g/mol. The van der Waals surface area contributed by atoms with E-state index in [2.05, 4.69) is 31.9 Å². The number of furan rings is 3. The molecule has 0 saturated heterocycles. The van der Waals surface area contributed by atoms with Crippen molar-refractivity contribution in [1.29, 1.82) is 0 Å². The lowest BCUT2D eigenvalue weighted by atomic mass is 9.82. The van der Waals surface area contributed by atoms with Crippen LogP contribution in [0.4, 0.5) is 0 Å². The van der Waals surface area contributed by atoms with Crippen molar-refractivity contribution < 1.29 is 32.3 Å². The van der Waals surface area contributed by atoms with E-state index in [1.807, 2.05) is 0 Å². The number of rotatable bonds is 4. The third-order valence-electron chi connectivity index (χ3n) is 5.63. The van der Waals surface area contributed by atoms with Crippen LogP contribution in [0.15, 0.2) is 93.6 Å². The van der Waals surface area contributed by atoms with Crippen LogP contribution in [0.5, 0.6) is 0 Å². The maximum atomic E-state index is 13.3. The Hall–Kier alpha value is -3.44. The van der Waals surface area contributed by atoms with Crippen LogP contribution in [0.1, 0.15) is 28.0 Å². The van der Waals surface area contributed by atoms with E-state index in [1.165, 1.54) is 13.4 Å². The highest BCUT2D eigenvalue weighted by Crippen LogP contribution is 2.45. The minimum absolute atomic E-state index is 0.0838. The molecule has 1 unspecified atom stereocenters. The highest BCUT2D eigenvalue weighted by Gasteiger charge is 2.43. The van der Waals surface area contributed by atoms with E-state index in [0.29, 0.717) is 37.8 Å². The summed E-state index contributed by atoms with van der Waals surface area (Å²) in [6.07, 6.45) is 3.19. The largest absolute Gasteiger partial charge is 0.465 e. The van der Waals surface area contributed by atoms with E-state index in [1.54, 1.807) is 47.4 Å². The fourth-order valence-corrected chi connectivity index (χ4v) is 4.80. The molecule has 2 N–H and O–H groups in total. The van der Waals surface area contributed by atoms with Crippen LogP contribution >= 0.6 is 31.9 Å². The lowest BCUT2D eigenvalue weighted by Gasteiger charge is -2.37. The smallest absolute Gasteiger partial charge is 0.340 e. The molecule has 0 spiro atoms. The molecule has 0 aliphatic carbocycles. The van der Waals surface area contributed by atoms with Crippen LogP contribution in [0.25, 0.3) is 6.08 Å². The van der Waals surface area contributed by atoms with Gasteiger partial charge in [-0.2, -0.15) is 0 Å². The van der Waals surface area contributed by atoms with E-state index in [4.69, 9.17) is 28.5 Å². The fourth-order valence-electron chi connectivity index (χ4n) is 4.17. The van der Waals surface area contributed by atoms with Crippen molar-refractivity contribution in [2.24, 2.45) is 5.73 Å². The van der Waals surface area contributed by atoms with E-state index in [0.717, 1.165) is 0 Å². The highest BCUT2D eigenvalue weighted by molar-refractivity contribution is 9.10. The predicted octanol–water partition coefficient (Wildman–Crippen LogP) is 4.94. The van der Waals surface area contributed by atoms with Gasteiger partial charge in [0.25, 0.3) is 5.91 Å².